The van der Waals surface area contributed by atoms with Gasteiger partial charge in [-0.3, -0.25) is 4.90 Å². The third-order valence-electron chi connectivity index (χ3n) is 5.82. The van der Waals surface area contributed by atoms with Gasteiger partial charge < -0.3 is 5.32 Å². The Morgan fingerprint density at radius 2 is 2.00 bits per heavy atom. The van der Waals surface area contributed by atoms with E-state index in [4.69, 9.17) is 0 Å². The van der Waals surface area contributed by atoms with Gasteiger partial charge >= 0.3 is 0 Å². The maximum atomic E-state index is 3.86. The van der Waals surface area contributed by atoms with Crippen LogP contribution in [-0.2, 0) is 0 Å². The molecule has 3 rings (SSSR count). The van der Waals surface area contributed by atoms with Crippen molar-refractivity contribution >= 4 is 0 Å². The molecule has 18 heavy (non-hydrogen) atoms. The van der Waals surface area contributed by atoms with E-state index in [1.807, 2.05) is 0 Å². The van der Waals surface area contributed by atoms with E-state index in [0.29, 0.717) is 5.54 Å². The summed E-state index contributed by atoms with van der Waals surface area (Å²) < 4.78 is 0. The topological polar surface area (TPSA) is 15.3 Å². The number of piperazine rings is 1. The summed E-state index contributed by atoms with van der Waals surface area (Å²) in [6, 6.07) is 0.723. The molecular weight excluding hydrogens is 220 g/mol. The van der Waals surface area contributed by atoms with Gasteiger partial charge in [0.1, 0.15) is 0 Å². The molecule has 2 saturated carbocycles. The third-order valence-corrected chi connectivity index (χ3v) is 5.82. The van der Waals surface area contributed by atoms with Gasteiger partial charge in [0.2, 0.25) is 0 Å². The average Bonchev–Trinajstić information content (AvgIpc) is 3.23. The monoisotopic (exact) mass is 250 g/mol. The summed E-state index contributed by atoms with van der Waals surface area (Å²) in [5, 5.41) is 3.86. The van der Waals surface area contributed by atoms with Crippen molar-refractivity contribution in [3.05, 3.63) is 0 Å². The quantitative estimate of drug-likeness (QED) is 0.807. The van der Waals surface area contributed by atoms with Gasteiger partial charge in [-0.15, -0.1) is 0 Å². The van der Waals surface area contributed by atoms with E-state index in [9.17, 15) is 0 Å². The predicted molar refractivity (Wildman–Crippen MR) is 76.7 cm³/mol. The van der Waals surface area contributed by atoms with E-state index in [1.165, 1.54) is 51.7 Å². The number of nitrogens with zero attached hydrogens (tertiary/aromatic N) is 1. The maximum absolute atomic E-state index is 3.86. The lowest BCUT2D eigenvalue weighted by atomic mass is 9.86. The van der Waals surface area contributed by atoms with Crippen LogP contribution in [0, 0.1) is 17.8 Å². The Balaban J connectivity index is 1.68. The van der Waals surface area contributed by atoms with Gasteiger partial charge in [0.05, 0.1) is 0 Å². The minimum absolute atomic E-state index is 0.465. The first kappa shape index (κ1) is 12.9. The molecule has 104 valence electrons. The fourth-order valence-electron chi connectivity index (χ4n) is 3.63. The third kappa shape index (κ3) is 2.46. The van der Waals surface area contributed by atoms with Crippen molar-refractivity contribution in [2.45, 2.75) is 64.5 Å². The van der Waals surface area contributed by atoms with E-state index in [2.05, 4.69) is 31.0 Å². The van der Waals surface area contributed by atoms with Crippen LogP contribution in [-0.4, -0.2) is 36.1 Å². The van der Waals surface area contributed by atoms with Crippen LogP contribution < -0.4 is 5.32 Å². The highest BCUT2D eigenvalue weighted by molar-refractivity contribution is 5.06. The van der Waals surface area contributed by atoms with E-state index in [-0.39, 0.29) is 0 Å². The summed E-state index contributed by atoms with van der Waals surface area (Å²) in [5.41, 5.74) is 0.465. The maximum Gasteiger partial charge on any atom is 0.0334 e. The van der Waals surface area contributed by atoms with Crippen LogP contribution >= 0.6 is 0 Å². The first-order chi connectivity index (χ1) is 8.63. The molecule has 0 aromatic carbocycles. The fraction of sp³-hybridized carbons (Fsp3) is 1.00. The Morgan fingerprint density at radius 1 is 1.28 bits per heavy atom. The Hall–Kier alpha value is -0.0800. The lowest BCUT2D eigenvalue weighted by Gasteiger charge is -2.50. The molecule has 3 unspecified atom stereocenters. The molecule has 0 bridgehead atoms. The molecule has 0 aromatic heterocycles. The SMILES string of the molecule is CCC(C)C1CN(CC2CC2)C(C)(C2CC2)CN1. The minimum Gasteiger partial charge on any atom is -0.311 e. The van der Waals surface area contributed by atoms with Crippen molar-refractivity contribution < 1.29 is 0 Å². The lowest BCUT2D eigenvalue weighted by molar-refractivity contribution is 0.0197. The molecule has 2 nitrogen and oxygen atoms in total. The van der Waals surface area contributed by atoms with E-state index in [0.717, 1.165) is 23.8 Å². The van der Waals surface area contributed by atoms with Crippen LogP contribution in [0.25, 0.3) is 0 Å². The van der Waals surface area contributed by atoms with Crippen LogP contribution in [0.4, 0.5) is 0 Å². The zero-order valence-electron chi connectivity index (χ0n) is 12.4. The highest BCUT2D eigenvalue weighted by atomic mass is 15.3. The summed E-state index contributed by atoms with van der Waals surface area (Å²) in [6.07, 6.45) is 7.20. The normalized spacial score (nSPS) is 39.8. The number of hydrogen-bond donors (Lipinski definition) is 1. The molecule has 3 aliphatic rings. The first-order valence-corrected chi connectivity index (χ1v) is 8.12. The molecule has 1 N–H and O–H groups in total. The molecule has 1 heterocycles. The standard InChI is InChI=1S/C16H30N2/c1-4-12(2)15-10-18(9-13-5-6-13)16(3,11-17-15)14-7-8-14/h12-15,17H,4-11H2,1-3H3. The molecule has 1 aliphatic heterocycles. The van der Waals surface area contributed by atoms with Gasteiger partial charge in [0, 0.05) is 31.2 Å². The second kappa shape index (κ2) is 4.79. The van der Waals surface area contributed by atoms with Crippen LogP contribution in [0.2, 0.25) is 0 Å². The number of hydrogen-bond acceptors (Lipinski definition) is 2. The molecule has 0 aromatic rings. The van der Waals surface area contributed by atoms with Gasteiger partial charge in [-0.05, 0) is 50.4 Å². The smallest absolute Gasteiger partial charge is 0.0334 e. The second-order valence-electron chi connectivity index (χ2n) is 7.35. The minimum atomic E-state index is 0.465. The summed E-state index contributed by atoms with van der Waals surface area (Å²) in [4.78, 5) is 2.87. The average molecular weight is 250 g/mol. The van der Waals surface area contributed by atoms with Crippen molar-refractivity contribution in [1.29, 1.82) is 0 Å². The van der Waals surface area contributed by atoms with Gasteiger partial charge in [-0.25, -0.2) is 0 Å². The zero-order chi connectivity index (χ0) is 12.8. The van der Waals surface area contributed by atoms with Gasteiger partial charge in [0.15, 0.2) is 0 Å². The summed E-state index contributed by atoms with van der Waals surface area (Å²) in [7, 11) is 0. The van der Waals surface area contributed by atoms with Crippen LogP contribution in [0.1, 0.15) is 52.9 Å². The molecule has 3 atom stereocenters. The molecule has 0 radical (unpaired) electrons. The van der Waals surface area contributed by atoms with Crippen molar-refractivity contribution in [3.8, 4) is 0 Å². The van der Waals surface area contributed by atoms with Crippen molar-refractivity contribution in [3.63, 3.8) is 0 Å². The molecule has 0 amide bonds. The van der Waals surface area contributed by atoms with Gasteiger partial charge in [0.25, 0.3) is 0 Å². The van der Waals surface area contributed by atoms with Gasteiger partial charge in [-0.1, -0.05) is 20.3 Å². The molecule has 1 saturated heterocycles. The number of rotatable bonds is 5. The molecule has 2 heteroatoms. The van der Waals surface area contributed by atoms with Crippen molar-refractivity contribution in [1.82, 2.24) is 10.2 Å². The zero-order valence-corrected chi connectivity index (χ0v) is 12.4. The fourth-order valence-corrected chi connectivity index (χ4v) is 3.63. The molecule has 2 aliphatic carbocycles. The predicted octanol–water partition coefficient (Wildman–Crippen LogP) is 2.89. The summed E-state index contributed by atoms with van der Waals surface area (Å²) in [5.74, 6) is 2.82. The summed E-state index contributed by atoms with van der Waals surface area (Å²) in [6.45, 7) is 11.1. The van der Waals surface area contributed by atoms with Crippen LogP contribution in [0.15, 0.2) is 0 Å². The van der Waals surface area contributed by atoms with Crippen molar-refractivity contribution in [2.24, 2.45) is 17.8 Å². The van der Waals surface area contributed by atoms with E-state index >= 15 is 0 Å². The Labute approximate surface area is 113 Å². The molecule has 3 fully saturated rings. The molecule has 0 spiro atoms. The molecular formula is C16H30N2. The van der Waals surface area contributed by atoms with E-state index < -0.39 is 0 Å². The number of nitrogens with one attached hydrogen (secondary N) is 1. The largest absolute Gasteiger partial charge is 0.311 e. The van der Waals surface area contributed by atoms with Crippen molar-refractivity contribution in [2.75, 3.05) is 19.6 Å². The first-order valence-electron chi connectivity index (χ1n) is 8.12. The van der Waals surface area contributed by atoms with Crippen LogP contribution in [0.5, 0.6) is 0 Å². The van der Waals surface area contributed by atoms with Gasteiger partial charge in [-0.2, -0.15) is 0 Å². The highest BCUT2D eigenvalue weighted by Crippen LogP contribution is 2.45. The second-order valence-corrected chi connectivity index (χ2v) is 7.35. The Morgan fingerprint density at radius 3 is 2.56 bits per heavy atom. The van der Waals surface area contributed by atoms with E-state index in [1.54, 1.807) is 0 Å². The summed E-state index contributed by atoms with van der Waals surface area (Å²) >= 11 is 0. The highest BCUT2D eigenvalue weighted by Gasteiger charge is 2.49. The van der Waals surface area contributed by atoms with Crippen LogP contribution in [0.3, 0.4) is 0 Å². The Bertz CT molecular complexity index is 295. The Kier molecular flexibility index (Phi) is 3.44. The lowest BCUT2D eigenvalue weighted by Crippen LogP contribution is -2.65.